The first kappa shape index (κ1) is 12.1. The predicted octanol–water partition coefficient (Wildman–Crippen LogP) is 0.891. The van der Waals surface area contributed by atoms with Crippen molar-refractivity contribution in [2.45, 2.75) is 32.4 Å². The van der Waals surface area contributed by atoms with Crippen molar-refractivity contribution in [1.29, 1.82) is 0 Å². The molecule has 0 bridgehead atoms. The molecule has 1 unspecified atom stereocenters. The molecular weight excluding hydrogens is 192 g/mol. The van der Waals surface area contributed by atoms with E-state index >= 15 is 0 Å². The lowest BCUT2D eigenvalue weighted by atomic mass is 10.2. The number of likely N-dealkylation sites (N-methyl/N-ethyl adjacent to an activating group) is 1. The fourth-order valence-corrected chi connectivity index (χ4v) is 1.26. The maximum atomic E-state index is 5.73. The number of nitrogens with zero attached hydrogens (tertiary/aromatic N) is 3. The van der Waals surface area contributed by atoms with Gasteiger partial charge in [-0.1, -0.05) is 5.21 Å². The van der Waals surface area contributed by atoms with E-state index < -0.39 is 0 Å². The molecule has 5 nitrogen and oxygen atoms in total. The number of aromatic nitrogens is 3. The first-order chi connectivity index (χ1) is 6.94. The average molecular weight is 212 g/mol. The van der Waals surface area contributed by atoms with Crippen molar-refractivity contribution in [3.63, 3.8) is 0 Å². The zero-order valence-electron chi connectivity index (χ0n) is 10.1. The van der Waals surface area contributed by atoms with Gasteiger partial charge in [-0.25, -0.2) is 0 Å². The van der Waals surface area contributed by atoms with Gasteiger partial charge in [-0.3, -0.25) is 4.68 Å². The van der Waals surface area contributed by atoms with Crippen LogP contribution in [0.4, 0.5) is 0 Å². The van der Waals surface area contributed by atoms with Crippen molar-refractivity contribution >= 4 is 0 Å². The lowest BCUT2D eigenvalue weighted by molar-refractivity contribution is -0.0148. The van der Waals surface area contributed by atoms with E-state index in [1.54, 1.807) is 10.9 Å². The molecule has 1 atom stereocenters. The Kier molecular flexibility index (Phi) is 3.82. The minimum absolute atomic E-state index is 0.124. The van der Waals surface area contributed by atoms with Gasteiger partial charge >= 0.3 is 0 Å². The topological polar surface area (TPSA) is 52.0 Å². The predicted molar refractivity (Wildman–Crippen MR) is 58.5 cm³/mol. The normalized spacial score (nSPS) is 14.2. The number of nitrogens with one attached hydrogen (secondary N) is 1. The first-order valence-corrected chi connectivity index (χ1v) is 5.10. The summed E-state index contributed by atoms with van der Waals surface area (Å²) in [5.74, 6) is 0. The lowest BCUT2D eigenvalue weighted by Gasteiger charge is -2.24. The van der Waals surface area contributed by atoms with Crippen LogP contribution in [0.2, 0.25) is 0 Å². The van der Waals surface area contributed by atoms with E-state index in [1.165, 1.54) is 0 Å². The van der Waals surface area contributed by atoms with E-state index in [4.69, 9.17) is 4.74 Å². The Morgan fingerprint density at radius 2 is 2.20 bits per heavy atom. The largest absolute Gasteiger partial charge is 0.374 e. The van der Waals surface area contributed by atoms with Crippen LogP contribution in [0.1, 0.15) is 32.5 Å². The molecule has 1 N–H and O–H groups in total. The van der Waals surface area contributed by atoms with E-state index in [9.17, 15) is 0 Å². The highest BCUT2D eigenvalue weighted by molar-refractivity contribution is 5.01. The average Bonchev–Trinajstić information content (AvgIpc) is 2.52. The molecule has 1 heterocycles. The van der Waals surface area contributed by atoms with Crippen LogP contribution in [-0.4, -0.2) is 34.2 Å². The van der Waals surface area contributed by atoms with Gasteiger partial charge in [0, 0.05) is 7.05 Å². The summed E-state index contributed by atoms with van der Waals surface area (Å²) in [6, 6.07) is 0.129. The van der Waals surface area contributed by atoms with Crippen molar-refractivity contribution in [2.75, 3.05) is 13.7 Å². The Hall–Kier alpha value is -0.940. The molecular formula is C10H20N4O. The highest BCUT2D eigenvalue weighted by atomic mass is 16.5. The maximum absolute atomic E-state index is 5.73. The van der Waals surface area contributed by atoms with Crippen LogP contribution in [-0.2, 0) is 11.8 Å². The second-order valence-corrected chi connectivity index (χ2v) is 4.55. The number of aryl methyl sites for hydroxylation is 1. The fourth-order valence-electron chi connectivity index (χ4n) is 1.26. The highest BCUT2D eigenvalue weighted by Gasteiger charge is 2.18. The zero-order valence-corrected chi connectivity index (χ0v) is 10.1. The number of hydrogen-bond donors (Lipinski definition) is 1. The van der Waals surface area contributed by atoms with Crippen LogP contribution < -0.4 is 5.32 Å². The van der Waals surface area contributed by atoms with E-state index in [2.05, 4.69) is 15.6 Å². The summed E-state index contributed by atoms with van der Waals surface area (Å²) >= 11 is 0. The van der Waals surface area contributed by atoms with Crippen LogP contribution in [0.15, 0.2) is 6.20 Å². The molecule has 0 saturated heterocycles. The number of rotatable bonds is 4. The first-order valence-electron chi connectivity index (χ1n) is 5.10. The van der Waals surface area contributed by atoms with Crippen LogP contribution >= 0.6 is 0 Å². The number of ether oxygens (including phenoxy) is 1. The van der Waals surface area contributed by atoms with Gasteiger partial charge in [0.1, 0.15) is 0 Å². The third-order valence-corrected chi connectivity index (χ3v) is 2.14. The summed E-state index contributed by atoms with van der Waals surface area (Å²) in [6.45, 7) is 6.74. The standard InChI is InChI=1S/C10H20N4O/c1-10(2,3)15-7-8(11-4)9-6-12-13-14(9)5/h6,8,11H,7H2,1-5H3. The van der Waals surface area contributed by atoms with E-state index in [0.717, 1.165) is 5.69 Å². The third kappa shape index (κ3) is 3.60. The quantitative estimate of drug-likeness (QED) is 0.805. The van der Waals surface area contributed by atoms with Crippen molar-refractivity contribution < 1.29 is 4.74 Å². The minimum Gasteiger partial charge on any atom is -0.374 e. The van der Waals surface area contributed by atoms with Gasteiger partial charge in [0.05, 0.1) is 30.1 Å². The molecule has 15 heavy (non-hydrogen) atoms. The molecule has 0 aromatic carbocycles. The van der Waals surface area contributed by atoms with E-state index in [1.807, 2.05) is 34.9 Å². The van der Waals surface area contributed by atoms with Crippen molar-refractivity contribution in [3.05, 3.63) is 11.9 Å². The molecule has 0 amide bonds. The summed E-state index contributed by atoms with van der Waals surface area (Å²) < 4.78 is 7.49. The van der Waals surface area contributed by atoms with Crippen LogP contribution in [0.3, 0.4) is 0 Å². The van der Waals surface area contributed by atoms with Gasteiger partial charge in [-0.15, -0.1) is 5.10 Å². The Morgan fingerprint density at radius 3 is 2.60 bits per heavy atom. The molecule has 1 rings (SSSR count). The van der Waals surface area contributed by atoms with Gasteiger partial charge < -0.3 is 10.1 Å². The minimum atomic E-state index is -0.124. The third-order valence-electron chi connectivity index (χ3n) is 2.14. The van der Waals surface area contributed by atoms with Crippen molar-refractivity contribution in [1.82, 2.24) is 20.3 Å². The molecule has 5 heteroatoms. The molecule has 0 saturated carbocycles. The monoisotopic (exact) mass is 212 g/mol. The molecule has 0 spiro atoms. The van der Waals surface area contributed by atoms with Gasteiger partial charge in [0.25, 0.3) is 0 Å². The van der Waals surface area contributed by atoms with E-state index in [-0.39, 0.29) is 11.6 Å². The Morgan fingerprint density at radius 1 is 1.53 bits per heavy atom. The number of hydrogen-bond acceptors (Lipinski definition) is 4. The van der Waals surface area contributed by atoms with E-state index in [0.29, 0.717) is 6.61 Å². The molecule has 86 valence electrons. The second-order valence-electron chi connectivity index (χ2n) is 4.55. The lowest BCUT2D eigenvalue weighted by Crippen LogP contribution is -2.29. The van der Waals surface area contributed by atoms with Crippen molar-refractivity contribution in [3.8, 4) is 0 Å². The van der Waals surface area contributed by atoms with Crippen LogP contribution in [0.5, 0.6) is 0 Å². The molecule has 0 aliphatic rings. The van der Waals surface area contributed by atoms with Crippen LogP contribution in [0.25, 0.3) is 0 Å². The second kappa shape index (κ2) is 4.72. The van der Waals surface area contributed by atoms with Gasteiger partial charge in [0.15, 0.2) is 0 Å². The molecule has 0 fully saturated rings. The highest BCUT2D eigenvalue weighted by Crippen LogP contribution is 2.14. The molecule has 0 radical (unpaired) electrons. The maximum Gasteiger partial charge on any atom is 0.0776 e. The summed E-state index contributed by atoms with van der Waals surface area (Å²) in [5, 5.41) is 10.9. The zero-order chi connectivity index (χ0) is 11.5. The van der Waals surface area contributed by atoms with Gasteiger partial charge in [-0.05, 0) is 27.8 Å². The van der Waals surface area contributed by atoms with Crippen LogP contribution in [0, 0.1) is 0 Å². The Bertz CT molecular complexity index is 303. The fraction of sp³-hybridized carbons (Fsp3) is 0.800. The summed E-state index contributed by atoms with van der Waals surface area (Å²) in [6.07, 6.45) is 1.76. The summed E-state index contributed by atoms with van der Waals surface area (Å²) in [7, 11) is 3.79. The molecule has 0 aliphatic carbocycles. The Labute approximate surface area is 90.8 Å². The molecule has 1 aromatic rings. The van der Waals surface area contributed by atoms with Gasteiger partial charge in [-0.2, -0.15) is 0 Å². The SMILES string of the molecule is CNC(COC(C)(C)C)c1cnnn1C. The molecule has 0 aliphatic heterocycles. The van der Waals surface area contributed by atoms with Crippen molar-refractivity contribution in [2.24, 2.45) is 7.05 Å². The summed E-state index contributed by atoms with van der Waals surface area (Å²) in [5.41, 5.74) is 0.906. The Balaban J connectivity index is 2.61. The smallest absolute Gasteiger partial charge is 0.0776 e. The summed E-state index contributed by atoms with van der Waals surface area (Å²) in [4.78, 5) is 0. The molecule has 1 aromatic heterocycles. The van der Waals surface area contributed by atoms with Gasteiger partial charge in [0.2, 0.25) is 0 Å².